The van der Waals surface area contributed by atoms with Gasteiger partial charge in [0.2, 0.25) is 0 Å². The summed E-state index contributed by atoms with van der Waals surface area (Å²) in [5.41, 5.74) is 0.646. The maximum atomic E-state index is 12.1. The summed E-state index contributed by atoms with van der Waals surface area (Å²) in [6.07, 6.45) is 1.82. The number of aryl methyl sites for hydroxylation is 1. The van der Waals surface area contributed by atoms with Crippen molar-refractivity contribution in [3.8, 4) is 5.75 Å². The zero-order valence-electron chi connectivity index (χ0n) is 11.9. The number of hydrogen-bond donors (Lipinski definition) is 0. The van der Waals surface area contributed by atoms with Gasteiger partial charge in [0.15, 0.2) is 0 Å². The molecule has 4 nitrogen and oxygen atoms in total. The van der Waals surface area contributed by atoms with Crippen LogP contribution in [0.1, 0.15) is 27.2 Å². The molecule has 1 amide bonds. The lowest BCUT2D eigenvalue weighted by Gasteiger charge is -2.15. The Kier molecular flexibility index (Phi) is 4.74. The number of ether oxygens (including phenoxy) is 1. The lowest BCUT2D eigenvalue weighted by molar-refractivity contribution is 0.0802. The average Bonchev–Trinajstić information content (AvgIpc) is 2.89. The molecule has 2 rings (SSSR count). The molecular formula is C15H18N2O2S. The minimum atomic E-state index is 0.00610. The van der Waals surface area contributed by atoms with Gasteiger partial charge in [-0.15, -0.1) is 11.3 Å². The van der Waals surface area contributed by atoms with E-state index in [0.29, 0.717) is 24.5 Å². The number of nitrogens with zero attached hydrogens (tertiary/aromatic N) is 2. The molecule has 2 aromatic rings. The highest BCUT2D eigenvalue weighted by molar-refractivity contribution is 7.11. The van der Waals surface area contributed by atoms with Gasteiger partial charge in [0.05, 0.1) is 9.88 Å². The summed E-state index contributed by atoms with van der Waals surface area (Å²) in [6.45, 7) is 5.08. The molecule has 0 saturated carbocycles. The summed E-state index contributed by atoms with van der Waals surface area (Å²) < 4.78 is 5.71. The van der Waals surface area contributed by atoms with Crippen LogP contribution in [0, 0.1) is 6.92 Å². The van der Waals surface area contributed by atoms with Crippen molar-refractivity contribution in [3.63, 3.8) is 0 Å². The summed E-state index contributed by atoms with van der Waals surface area (Å²) in [7, 11) is 1.79. The molecule has 0 aliphatic rings. The van der Waals surface area contributed by atoms with Gasteiger partial charge < -0.3 is 9.64 Å². The molecule has 1 aromatic carbocycles. The van der Waals surface area contributed by atoms with Crippen LogP contribution in [-0.4, -0.2) is 29.4 Å². The Labute approximate surface area is 123 Å². The molecule has 0 aliphatic carbocycles. The fraction of sp³-hybridized carbons (Fsp3) is 0.333. The highest BCUT2D eigenvalue weighted by Gasteiger charge is 2.10. The summed E-state index contributed by atoms with van der Waals surface area (Å²) >= 11 is 1.61. The highest BCUT2D eigenvalue weighted by atomic mass is 32.1. The second-order valence-corrected chi connectivity index (χ2v) is 5.80. The molecule has 0 radical (unpaired) electrons. The fourth-order valence-corrected chi connectivity index (χ4v) is 2.42. The SMILES string of the molecule is CCN(C)C(=O)c1cccc(OCc2cnc(C)s2)c1. The molecule has 0 spiro atoms. The number of carbonyl (C=O) groups is 1. The van der Waals surface area contributed by atoms with Crippen LogP contribution in [0.3, 0.4) is 0 Å². The van der Waals surface area contributed by atoms with Gasteiger partial charge in [0.25, 0.3) is 5.91 Å². The summed E-state index contributed by atoms with van der Waals surface area (Å²) in [6, 6.07) is 7.28. The second-order valence-electron chi connectivity index (χ2n) is 4.48. The summed E-state index contributed by atoms with van der Waals surface area (Å²) in [4.78, 5) is 19.0. The van der Waals surface area contributed by atoms with Crippen molar-refractivity contribution < 1.29 is 9.53 Å². The molecule has 0 atom stereocenters. The summed E-state index contributed by atoms with van der Waals surface area (Å²) in [5, 5.41) is 1.03. The van der Waals surface area contributed by atoms with Gasteiger partial charge in [0, 0.05) is 25.4 Å². The molecule has 0 unspecified atom stereocenters. The molecule has 0 N–H and O–H groups in total. The largest absolute Gasteiger partial charge is 0.488 e. The number of benzene rings is 1. The van der Waals surface area contributed by atoms with Crippen molar-refractivity contribution in [2.24, 2.45) is 0 Å². The molecule has 5 heteroatoms. The smallest absolute Gasteiger partial charge is 0.253 e. The molecule has 20 heavy (non-hydrogen) atoms. The number of carbonyl (C=O) groups excluding carboxylic acids is 1. The van der Waals surface area contributed by atoms with E-state index in [4.69, 9.17) is 4.74 Å². The van der Waals surface area contributed by atoms with Gasteiger partial charge >= 0.3 is 0 Å². The Morgan fingerprint density at radius 3 is 2.90 bits per heavy atom. The number of hydrogen-bond acceptors (Lipinski definition) is 4. The van der Waals surface area contributed by atoms with E-state index >= 15 is 0 Å². The first-order valence-corrected chi connectivity index (χ1v) is 7.31. The highest BCUT2D eigenvalue weighted by Crippen LogP contribution is 2.18. The third kappa shape index (κ3) is 3.57. The third-order valence-electron chi connectivity index (χ3n) is 2.95. The molecule has 0 bridgehead atoms. The molecule has 0 aliphatic heterocycles. The Balaban J connectivity index is 2.04. The van der Waals surface area contributed by atoms with Gasteiger partial charge in [0.1, 0.15) is 12.4 Å². The summed E-state index contributed by atoms with van der Waals surface area (Å²) in [5.74, 6) is 0.706. The van der Waals surface area contributed by atoms with Gasteiger partial charge in [-0.3, -0.25) is 4.79 Å². The van der Waals surface area contributed by atoms with Crippen LogP contribution in [0.5, 0.6) is 5.75 Å². The van der Waals surface area contributed by atoms with Crippen LogP contribution >= 0.6 is 11.3 Å². The van der Waals surface area contributed by atoms with E-state index in [2.05, 4.69) is 4.98 Å². The molecule has 0 fully saturated rings. The van der Waals surface area contributed by atoms with Crippen LogP contribution in [0.25, 0.3) is 0 Å². The maximum absolute atomic E-state index is 12.1. The van der Waals surface area contributed by atoms with E-state index in [0.717, 1.165) is 9.88 Å². The van der Waals surface area contributed by atoms with Crippen LogP contribution in [0.4, 0.5) is 0 Å². The average molecular weight is 290 g/mol. The second kappa shape index (κ2) is 6.52. The quantitative estimate of drug-likeness (QED) is 0.849. The van der Waals surface area contributed by atoms with E-state index in [9.17, 15) is 4.79 Å². The van der Waals surface area contributed by atoms with Crippen molar-refractivity contribution in [1.82, 2.24) is 9.88 Å². The predicted octanol–water partition coefficient (Wildman–Crippen LogP) is 3.12. The molecular weight excluding hydrogens is 272 g/mol. The van der Waals surface area contributed by atoms with Gasteiger partial charge in [-0.1, -0.05) is 6.07 Å². The monoisotopic (exact) mass is 290 g/mol. The van der Waals surface area contributed by atoms with E-state index in [-0.39, 0.29) is 5.91 Å². The number of amides is 1. The minimum Gasteiger partial charge on any atom is -0.488 e. The standard InChI is InChI=1S/C15H18N2O2S/c1-4-17(3)15(18)12-6-5-7-13(8-12)19-10-14-9-16-11(2)20-14/h5-9H,4,10H2,1-3H3. The lowest BCUT2D eigenvalue weighted by Crippen LogP contribution is -2.26. The number of rotatable bonds is 5. The normalized spacial score (nSPS) is 10.3. The topological polar surface area (TPSA) is 42.4 Å². The molecule has 1 aromatic heterocycles. The maximum Gasteiger partial charge on any atom is 0.253 e. The Morgan fingerprint density at radius 1 is 1.45 bits per heavy atom. The first-order valence-electron chi connectivity index (χ1n) is 6.49. The third-order valence-corrected chi connectivity index (χ3v) is 3.84. The predicted molar refractivity (Wildman–Crippen MR) is 80.3 cm³/mol. The Bertz CT molecular complexity index is 595. The van der Waals surface area contributed by atoms with Crippen molar-refractivity contribution in [1.29, 1.82) is 0 Å². The van der Waals surface area contributed by atoms with Gasteiger partial charge in [-0.05, 0) is 32.0 Å². The van der Waals surface area contributed by atoms with Crippen LogP contribution in [-0.2, 0) is 6.61 Å². The van der Waals surface area contributed by atoms with Gasteiger partial charge in [-0.2, -0.15) is 0 Å². The van der Waals surface area contributed by atoms with Crippen molar-refractivity contribution in [2.75, 3.05) is 13.6 Å². The van der Waals surface area contributed by atoms with E-state index in [1.165, 1.54) is 0 Å². The minimum absolute atomic E-state index is 0.00610. The van der Waals surface area contributed by atoms with Crippen molar-refractivity contribution in [3.05, 3.63) is 45.9 Å². The lowest BCUT2D eigenvalue weighted by atomic mass is 10.2. The van der Waals surface area contributed by atoms with Crippen LogP contribution in [0.2, 0.25) is 0 Å². The van der Waals surface area contributed by atoms with E-state index < -0.39 is 0 Å². The van der Waals surface area contributed by atoms with Crippen LogP contribution < -0.4 is 4.74 Å². The Hall–Kier alpha value is -1.88. The fourth-order valence-electron chi connectivity index (χ4n) is 1.71. The van der Waals surface area contributed by atoms with Gasteiger partial charge in [-0.25, -0.2) is 4.98 Å². The van der Waals surface area contributed by atoms with Crippen molar-refractivity contribution >= 4 is 17.2 Å². The molecule has 1 heterocycles. The van der Waals surface area contributed by atoms with E-state index in [1.807, 2.05) is 32.2 Å². The number of thiazole rings is 1. The first kappa shape index (κ1) is 14.5. The Morgan fingerprint density at radius 2 is 2.25 bits per heavy atom. The van der Waals surface area contributed by atoms with E-state index in [1.54, 1.807) is 35.4 Å². The van der Waals surface area contributed by atoms with Crippen molar-refractivity contribution in [2.45, 2.75) is 20.5 Å². The number of aromatic nitrogens is 1. The van der Waals surface area contributed by atoms with Crippen LogP contribution in [0.15, 0.2) is 30.5 Å². The molecule has 106 valence electrons. The first-order chi connectivity index (χ1) is 9.60. The molecule has 0 saturated heterocycles. The zero-order chi connectivity index (χ0) is 14.5. The zero-order valence-corrected chi connectivity index (χ0v) is 12.7.